The van der Waals surface area contributed by atoms with Crippen molar-refractivity contribution in [3.8, 4) is 5.75 Å². The molecule has 0 aromatic heterocycles. The predicted molar refractivity (Wildman–Crippen MR) is 62.8 cm³/mol. The molecule has 0 saturated carbocycles. The highest BCUT2D eigenvalue weighted by Crippen LogP contribution is 2.29. The third kappa shape index (κ3) is 3.90. The van der Waals surface area contributed by atoms with E-state index in [-0.39, 0.29) is 12.0 Å². The number of hydrogen-bond acceptors (Lipinski definition) is 2. The maximum atomic E-state index is 9.06. The van der Waals surface area contributed by atoms with Gasteiger partial charge in [-0.25, -0.2) is 0 Å². The van der Waals surface area contributed by atoms with Gasteiger partial charge in [-0.1, -0.05) is 37.0 Å². The van der Waals surface area contributed by atoms with Crippen LogP contribution in [0.2, 0.25) is 10.0 Å². The maximum Gasteiger partial charge on any atom is 0.139 e. The van der Waals surface area contributed by atoms with Gasteiger partial charge < -0.3 is 9.84 Å². The molecule has 0 aliphatic rings. The SMILES string of the molecule is CC(C)(CO)COc1cc(Cl)ccc1Cl. The molecular weight excluding hydrogens is 235 g/mol. The second-order valence-electron chi connectivity index (χ2n) is 4.19. The molecule has 15 heavy (non-hydrogen) atoms. The van der Waals surface area contributed by atoms with Crippen molar-refractivity contribution in [3.05, 3.63) is 28.2 Å². The molecular formula is C11H14Cl2O2. The van der Waals surface area contributed by atoms with Crippen molar-refractivity contribution in [2.45, 2.75) is 13.8 Å². The van der Waals surface area contributed by atoms with Crippen molar-refractivity contribution >= 4 is 23.2 Å². The lowest BCUT2D eigenvalue weighted by molar-refractivity contribution is 0.0976. The Morgan fingerprint density at radius 1 is 1.33 bits per heavy atom. The topological polar surface area (TPSA) is 29.5 Å². The zero-order valence-corrected chi connectivity index (χ0v) is 10.3. The zero-order chi connectivity index (χ0) is 11.5. The molecule has 0 aliphatic heterocycles. The number of benzene rings is 1. The Morgan fingerprint density at radius 3 is 2.60 bits per heavy atom. The highest BCUT2D eigenvalue weighted by Gasteiger charge is 2.18. The number of halogens is 2. The first-order valence-corrected chi connectivity index (χ1v) is 5.39. The number of aliphatic hydroxyl groups is 1. The first kappa shape index (κ1) is 12.6. The molecule has 84 valence electrons. The molecule has 0 heterocycles. The molecule has 2 nitrogen and oxygen atoms in total. The number of hydrogen-bond donors (Lipinski definition) is 1. The fourth-order valence-electron chi connectivity index (χ4n) is 0.907. The van der Waals surface area contributed by atoms with Crippen LogP contribution in [0.1, 0.15) is 13.8 Å². The van der Waals surface area contributed by atoms with Crippen molar-refractivity contribution in [1.29, 1.82) is 0 Å². The molecule has 0 unspecified atom stereocenters. The lowest BCUT2D eigenvalue weighted by Gasteiger charge is -2.22. The Morgan fingerprint density at radius 2 is 2.00 bits per heavy atom. The second kappa shape index (κ2) is 5.06. The summed E-state index contributed by atoms with van der Waals surface area (Å²) in [4.78, 5) is 0. The van der Waals surface area contributed by atoms with Gasteiger partial charge in [0.2, 0.25) is 0 Å². The van der Waals surface area contributed by atoms with E-state index in [1.165, 1.54) is 0 Å². The Balaban J connectivity index is 2.69. The van der Waals surface area contributed by atoms with Crippen LogP contribution < -0.4 is 4.74 Å². The Bertz CT molecular complexity index is 337. The number of aliphatic hydroxyl groups excluding tert-OH is 1. The van der Waals surface area contributed by atoms with Gasteiger partial charge in [0.05, 0.1) is 18.2 Å². The first-order chi connectivity index (χ1) is 6.94. The van der Waals surface area contributed by atoms with Crippen LogP contribution in [0.5, 0.6) is 5.75 Å². The van der Waals surface area contributed by atoms with E-state index < -0.39 is 0 Å². The van der Waals surface area contributed by atoms with E-state index >= 15 is 0 Å². The van der Waals surface area contributed by atoms with Gasteiger partial charge in [0, 0.05) is 16.5 Å². The monoisotopic (exact) mass is 248 g/mol. The van der Waals surface area contributed by atoms with Crippen LogP contribution in [-0.2, 0) is 0 Å². The Kier molecular flexibility index (Phi) is 4.26. The van der Waals surface area contributed by atoms with Crippen molar-refractivity contribution < 1.29 is 9.84 Å². The molecule has 0 bridgehead atoms. The highest BCUT2D eigenvalue weighted by atomic mass is 35.5. The lowest BCUT2D eigenvalue weighted by atomic mass is 9.97. The average Bonchev–Trinajstić information content (AvgIpc) is 2.20. The van der Waals surface area contributed by atoms with E-state index in [0.717, 1.165) is 0 Å². The van der Waals surface area contributed by atoms with E-state index in [4.69, 9.17) is 33.0 Å². The molecule has 1 N–H and O–H groups in total. The molecule has 0 aliphatic carbocycles. The minimum atomic E-state index is -0.286. The summed E-state index contributed by atoms with van der Waals surface area (Å²) in [5.41, 5.74) is -0.286. The van der Waals surface area contributed by atoms with Gasteiger partial charge in [-0.2, -0.15) is 0 Å². The molecule has 0 amide bonds. The van der Waals surface area contributed by atoms with Gasteiger partial charge in [-0.3, -0.25) is 0 Å². The van der Waals surface area contributed by atoms with E-state index in [2.05, 4.69) is 0 Å². The van der Waals surface area contributed by atoms with Crippen LogP contribution in [0, 0.1) is 5.41 Å². The minimum Gasteiger partial charge on any atom is -0.491 e. The Hall–Kier alpha value is -0.440. The van der Waals surface area contributed by atoms with Crippen molar-refractivity contribution in [1.82, 2.24) is 0 Å². The van der Waals surface area contributed by atoms with Crippen molar-refractivity contribution in [2.75, 3.05) is 13.2 Å². The van der Waals surface area contributed by atoms with Gasteiger partial charge in [0.25, 0.3) is 0 Å². The summed E-state index contributed by atoms with van der Waals surface area (Å²) in [6.45, 7) is 4.27. The van der Waals surface area contributed by atoms with Crippen molar-refractivity contribution in [3.63, 3.8) is 0 Å². The van der Waals surface area contributed by atoms with Crippen LogP contribution in [0.15, 0.2) is 18.2 Å². The van der Waals surface area contributed by atoms with Gasteiger partial charge >= 0.3 is 0 Å². The number of ether oxygens (including phenoxy) is 1. The summed E-state index contributed by atoms with van der Waals surface area (Å²) in [6.07, 6.45) is 0. The van der Waals surface area contributed by atoms with Gasteiger partial charge in [-0.05, 0) is 12.1 Å². The van der Waals surface area contributed by atoms with Crippen molar-refractivity contribution in [2.24, 2.45) is 5.41 Å². The lowest BCUT2D eigenvalue weighted by Crippen LogP contribution is -2.25. The zero-order valence-electron chi connectivity index (χ0n) is 8.76. The van der Waals surface area contributed by atoms with Gasteiger partial charge in [0.15, 0.2) is 0 Å². The van der Waals surface area contributed by atoms with Gasteiger partial charge in [0.1, 0.15) is 5.75 Å². The normalized spacial score (nSPS) is 11.5. The summed E-state index contributed by atoms with van der Waals surface area (Å²) in [5, 5.41) is 10.2. The summed E-state index contributed by atoms with van der Waals surface area (Å²) in [5.74, 6) is 0.547. The highest BCUT2D eigenvalue weighted by molar-refractivity contribution is 6.34. The molecule has 1 aromatic rings. The molecule has 0 saturated heterocycles. The molecule has 1 aromatic carbocycles. The van der Waals surface area contributed by atoms with E-state index in [1.54, 1.807) is 18.2 Å². The first-order valence-electron chi connectivity index (χ1n) is 4.63. The van der Waals surface area contributed by atoms with E-state index in [9.17, 15) is 0 Å². The fraction of sp³-hybridized carbons (Fsp3) is 0.455. The van der Waals surface area contributed by atoms with Crippen LogP contribution >= 0.6 is 23.2 Å². The minimum absolute atomic E-state index is 0.0607. The smallest absolute Gasteiger partial charge is 0.139 e. The van der Waals surface area contributed by atoms with Crippen LogP contribution in [0.4, 0.5) is 0 Å². The largest absolute Gasteiger partial charge is 0.491 e. The molecule has 0 radical (unpaired) electrons. The standard InChI is InChI=1S/C11H14Cl2O2/c1-11(2,6-14)7-15-10-5-8(12)3-4-9(10)13/h3-5,14H,6-7H2,1-2H3. The van der Waals surface area contributed by atoms with Crippen LogP contribution in [0.3, 0.4) is 0 Å². The van der Waals surface area contributed by atoms with Crippen LogP contribution in [0.25, 0.3) is 0 Å². The fourth-order valence-corrected chi connectivity index (χ4v) is 1.24. The quantitative estimate of drug-likeness (QED) is 0.886. The molecule has 0 atom stereocenters. The molecule has 4 heteroatoms. The average molecular weight is 249 g/mol. The van der Waals surface area contributed by atoms with Crippen LogP contribution in [-0.4, -0.2) is 18.3 Å². The third-order valence-electron chi connectivity index (χ3n) is 1.94. The predicted octanol–water partition coefficient (Wildman–Crippen LogP) is 3.39. The summed E-state index contributed by atoms with van der Waals surface area (Å²) in [7, 11) is 0. The molecule has 0 spiro atoms. The molecule has 0 fully saturated rings. The summed E-state index contributed by atoms with van der Waals surface area (Å²) in [6, 6.07) is 5.05. The van der Waals surface area contributed by atoms with E-state index in [1.807, 2.05) is 13.8 Å². The number of rotatable bonds is 4. The molecule has 1 rings (SSSR count). The van der Waals surface area contributed by atoms with E-state index in [0.29, 0.717) is 22.4 Å². The maximum absolute atomic E-state index is 9.06. The summed E-state index contributed by atoms with van der Waals surface area (Å²) >= 11 is 11.7. The summed E-state index contributed by atoms with van der Waals surface area (Å²) < 4.78 is 5.50. The van der Waals surface area contributed by atoms with Gasteiger partial charge in [-0.15, -0.1) is 0 Å². The second-order valence-corrected chi connectivity index (χ2v) is 5.03. The Labute approximate surface area is 99.8 Å². The third-order valence-corrected chi connectivity index (χ3v) is 2.49.